The molecule has 1 saturated carbocycles. The molecule has 3 rings (SSSR count). The Hall–Kier alpha value is -2.21. The Balaban J connectivity index is 1.75. The quantitative estimate of drug-likeness (QED) is 0.855. The molecular formula is C18H23N3O3. The van der Waals surface area contributed by atoms with Crippen LogP contribution in [0.15, 0.2) is 29.1 Å². The molecule has 1 heterocycles. The predicted molar refractivity (Wildman–Crippen MR) is 91.4 cm³/mol. The molecular weight excluding hydrogens is 306 g/mol. The summed E-state index contributed by atoms with van der Waals surface area (Å²) >= 11 is 0. The number of H-pyrrole nitrogens is 1. The van der Waals surface area contributed by atoms with E-state index in [1.54, 1.807) is 12.1 Å². The lowest BCUT2D eigenvalue weighted by Crippen LogP contribution is -2.36. The summed E-state index contributed by atoms with van der Waals surface area (Å²) in [5.41, 5.74) is 0.327. The third-order valence-corrected chi connectivity index (χ3v) is 4.74. The van der Waals surface area contributed by atoms with E-state index in [0.29, 0.717) is 28.9 Å². The van der Waals surface area contributed by atoms with Gasteiger partial charge >= 0.3 is 0 Å². The van der Waals surface area contributed by atoms with Crippen LogP contribution in [-0.2, 0) is 16.1 Å². The highest BCUT2D eigenvalue weighted by Crippen LogP contribution is 2.24. The van der Waals surface area contributed by atoms with Crippen molar-refractivity contribution in [2.45, 2.75) is 38.5 Å². The van der Waals surface area contributed by atoms with Crippen molar-refractivity contribution in [3.63, 3.8) is 0 Å². The zero-order valence-corrected chi connectivity index (χ0v) is 14.0. The van der Waals surface area contributed by atoms with E-state index < -0.39 is 0 Å². The van der Waals surface area contributed by atoms with E-state index in [1.165, 1.54) is 31.4 Å². The molecule has 6 heteroatoms. The number of amides is 1. The lowest BCUT2D eigenvalue weighted by molar-refractivity contribution is -0.179. The Morgan fingerprint density at radius 1 is 1.25 bits per heavy atom. The van der Waals surface area contributed by atoms with E-state index in [-0.39, 0.29) is 17.9 Å². The summed E-state index contributed by atoms with van der Waals surface area (Å²) in [7, 11) is 1.53. The van der Waals surface area contributed by atoms with Crippen LogP contribution in [0.5, 0.6) is 0 Å². The van der Waals surface area contributed by atoms with E-state index in [0.717, 1.165) is 12.8 Å². The van der Waals surface area contributed by atoms with Gasteiger partial charge in [0, 0.05) is 5.39 Å². The van der Waals surface area contributed by atoms with Gasteiger partial charge in [0.1, 0.15) is 0 Å². The van der Waals surface area contributed by atoms with E-state index >= 15 is 0 Å². The molecule has 0 aliphatic heterocycles. The molecule has 128 valence electrons. The largest absolute Gasteiger partial charge is 0.274 e. The zero-order valence-electron chi connectivity index (χ0n) is 14.0. The van der Waals surface area contributed by atoms with Crippen molar-refractivity contribution in [2.75, 3.05) is 13.7 Å². The van der Waals surface area contributed by atoms with Gasteiger partial charge < -0.3 is 0 Å². The molecule has 0 atom stereocenters. The lowest BCUT2D eigenvalue weighted by Gasteiger charge is -2.27. The first-order valence-electron chi connectivity index (χ1n) is 8.50. The first kappa shape index (κ1) is 16.6. The fraction of sp³-hybridized carbons (Fsp3) is 0.500. The number of carbonyl (C=O) groups excluding carboxylic acids is 1. The summed E-state index contributed by atoms with van der Waals surface area (Å²) in [4.78, 5) is 29.8. The Bertz CT molecular complexity index is 765. The summed E-state index contributed by atoms with van der Waals surface area (Å²) in [6.07, 6.45) is 6.13. The second-order valence-corrected chi connectivity index (χ2v) is 6.36. The van der Waals surface area contributed by atoms with Crippen LogP contribution in [0.1, 0.15) is 37.8 Å². The molecule has 1 amide bonds. The van der Waals surface area contributed by atoms with Gasteiger partial charge in [0.25, 0.3) is 11.5 Å². The van der Waals surface area contributed by atoms with Crippen LogP contribution in [-0.4, -0.2) is 34.8 Å². The molecule has 6 nitrogen and oxygen atoms in total. The van der Waals surface area contributed by atoms with Gasteiger partial charge in [-0.1, -0.05) is 37.5 Å². The van der Waals surface area contributed by atoms with Gasteiger partial charge in [-0.05, 0) is 24.8 Å². The Morgan fingerprint density at radius 3 is 2.67 bits per heavy atom. The minimum absolute atomic E-state index is 0.109. The Morgan fingerprint density at radius 2 is 1.96 bits per heavy atom. The number of aromatic nitrogens is 2. The van der Waals surface area contributed by atoms with E-state index in [9.17, 15) is 9.59 Å². The molecule has 0 unspecified atom stereocenters. The number of hydrogen-bond donors (Lipinski definition) is 1. The number of nitrogens with zero attached hydrogens (tertiary/aromatic N) is 2. The number of benzene rings is 1. The fourth-order valence-electron chi connectivity index (χ4n) is 3.42. The molecule has 1 aromatic heterocycles. The second kappa shape index (κ2) is 7.57. The topological polar surface area (TPSA) is 75.3 Å². The molecule has 1 aromatic carbocycles. The molecule has 1 aliphatic rings. The van der Waals surface area contributed by atoms with Gasteiger partial charge in [0.05, 0.1) is 31.2 Å². The summed E-state index contributed by atoms with van der Waals surface area (Å²) in [6.45, 7) is 0.622. The Labute approximate surface area is 140 Å². The predicted octanol–water partition coefficient (Wildman–Crippen LogP) is 2.44. The van der Waals surface area contributed by atoms with Gasteiger partial charge in [0.15, 0.2) is 0 Å². The van der Waals surface area contributed by atoms with Crippen LogP contribution in [0.2, 0.25) is 0 Å². The maximum Gasteiger partial charge on any atom is 0.272 e. The van der Waals surface area contributed by atoms with Gasteiger partial charge in [-0.25, -0.2) is 10.2 Å². The van der Waals surface area contributed by atoms with Crippen LogP contribution >= 0.6 is 0 Å². The first-order chi connectivity index (χ1) is 11.7. The van der Waals surface area contributed by atoms with E-state index in [1.807, 2.05) is 12.1 Å². The molecule has 0 spiro atoms. The summed E-state index contributed by atoms with van der Waals surface area (Å²) in [6, 6.07) is 7.19. The first-order valence-corrected chi connectivity index (χ1v) is 8.50. The molecule has 0 bridgehead atoms. The highest BCUT2D eigenvalue weighted by Gasteiger charge is 2.22. The van der Waals surface area contributed by atoms with E-state index in [2.05, 4.69) is 10.2 Å². The number of rotatable bonds is 5. The number of nitrogens with one attached hydrogen (secondary N) is 1. The molecule has 0 saturated heterocycles. The van der Waals surface area contributed by atoms with Gasteiger partial charge in [-0.3, -0.25) is 14.4 Å². The van der Waals surface area contributed by atoms with E-state index in [4.69, 9.17) is 4.84 Å². The standard InChI is InChI=1S/C18H23N3O3/c1-24-21(12-13-7-3-2-4-8-13)17(22)11-16-14-9-5-6-10-15(14)18(23)20-19-16/h5-6,9-10,13H,2-4,7-8,11-12H2,1H3,(H,20,23). The summed E-state index contributed by atoms with van der Waals surface area (Å²) < 4.78 is 0. The van der Waals surface area contributed by atoms with Gasteiger partial charge in [-0.15, -0.1) is 0 Å². The van der Waals surface area contributed by atoms with Crippen molar-refractivity contribution in [1.29, 1.82) is 0 Å². The number of carbonyl (C=O) groups is 1. The van der Waals surface area contributed by atoms with Crippen LogP contribution in [0, 0.1) is 5.92 Å². The summed E-state index contributed by atoms with van der Waals surface area (Å²) in [5.74, 6) is 0.371. The number of fused-ring (bicyclic) bond motifs is 1. The minimum Gasteiger partial charge on any atom is -0.274 e. The smallest absolute Gasteiger partial charge is 0.272 e. The normalized spacial score (nSPS) is 15.5. The van der Waals surface area contributed by atoms with Gasteiger partial charge in [0.2, 0.25) is 0 Å². The molecule has 24 heavy (non-hydrogen) atoms. The number of hydroxylamine groups is 2. The average molecular weight is 329 g/mol. The maximum absolute atomic E-state index is 12.6. The van der Waals surface area contributed by atoms with Crippen molar-refractivity contribution in [3.05, 3.63) is 40.3 Å². The highest BCUT2D eigenvalue weighted by atomic mass is 16.7. The molecule has 0 radical (unpaired) electrons. The maximum atomic E-state index is 12.6. The van der Waals surface area contributed by atoms with Crippen molar-refractivity contribution in [1.82, 2.24) is 15.3 Å². The monoisotopic (exact) mass is 329 g/mol. The fourth-order valence-corrected chi connectivity index (χ4v) is 3.42. The lowest BCUT2D eigenvalue weighted by atomic mass is 9.89. The van der Waals surface area contributed by atoms with Gasteiger partial charge in [-0.2, -0.15) is 5.10 Å². The molecule has 1 aliphatic carbocycles. The number of hydrogen-bond acceptors (Lipinski definition) is 4. The van der Waals surface area contributed by atoms with Crippen molar-refractivity contribution in [2.24, 2.45) is 5.92 Å². The van der Waals surface area contributed by atoms with Crippen LogP contribution in [0.3, 0.4) is 0 Å². The van der Waals surface area contributed by atoms with Crippen molar-refractivity contribution < 1.29 is 9.63 Å². The van der Waals surface area contributed by atoms with Crippen LogP contribution in [0.25, 0.3) is 10.8 Å². The highest BCUT2D eigenvalue weighted by molar-refractivity contribution is 5.88. The molecule has 2 aromatic rings. The third kappa shape index (κ3) is 3.64. The van der Waals surface area contributed by atoms with Crippen LogP contribution < -0.4 is 5.56 Å². The molecule has 1 fully saturated rings. The van der Waals surface area contributed by atoms with Crippen molar-refractivity contribution in [3.8, 4) is 0 Å². The number of aromatic amines is 1. The summed E-state index contributed by atoms with van der Waals surface area (Å²) in [5, 5.41) is 9.24. The zero-order chi connectivity index (χ0) is 16.9. The average Bonchev–Trinajstić information content (AvgIpc) is 2.63. The Kier molecular flexibility index (Phi) is 5.25. The molecule has 1 N–H and O–H groups in total. The van der Waals surface area contributed by atoms with Crippen LogP contribution in [0.4, 0.5) is 0 Å². The third-order valence-electron chi connectivity index (χ3n) is 4.74. The SMILES string of the molecule is CON(CC1CCCCC1)C(=O)Cc1n[nH]c(=O)c2ccccc12. The van der Waals surface area contributed by atoms with Crippen molar-refractivity contribution >= 4 is 16.7 Å². The second-order valence-electron chi connectivity index (χ2n) is 6.36. The minimum atomic E-state index is -0.243.